The zero-order valence-corrected chi connectivity index (χ0v) is 29.8. The van der Waals surface area contributed by atoms with E-state index >= 15 is 0 Å². The van der Waals surface area contributed by atoms with Gasteiger partial charge in [0, 0.05) is 27.1 Å². The maximum atomic E-state index is 13.8. The standard InChI is InChI=1S/C43H34N4O3S2/c1-2-39(42(50)47-43-46-38(27-51-43)33-23-22-28-12-6-7-16-31(28)24-33)52-35-20-11-19-34(26-35)44-41(49)37(45-40(48)30-14-4-3-5-15-30)25-32-18-10-17-29-13-8-9-21-36(29)32/h3-27,39H,2H2,1H3,(H,44,49)(H,45,48)(H,46,47,50)/b37-25+. The third-order valence-electron chi connectivity index (χ3n) is 8.47. The van der Waals surface area contributed by atoms with Crippen LogP contribution in [-0.4, -0.2) is 28.0 Å². The average Bonchev–Trinajstić information content (AvgIpc) is 3.65. The Kier molecular flexibility index (Phi) is 10.5. The van der Waals surface area contributed by atoms with Gasteiger partial charge in [0.1, 0.15) is 5.70 Å². The molecule has 0 aliphatic carbocycles. The van der Waals surface area contributed by atoms with Crippen LogP contribution >= 0.6 is 23.1 Å². The number of thioether (sulfide) groups is 1. The molecule has 0 fully saturated rings. The number of hydrogen-bond donors (Lipinski definition) is 3. The summed E-state index contributed by atoms with van der Waals surface area (Å²) in [5.74, 6) is -1.02. The number of nitrogens with one attached hydrogen (secondary N) is 3. The number of carbonyl (C=O) groups is 3. The third-order valence-corrected chi connectivity index (χ3v) is 10.6. The zero-order chi connectivity index (χ0) is 35.9. The van der Waals surface area contributed by atoms with E-state index in [9.17, 15) is 14.4 Å². The molecule has 0 aliphatic rings. The first-order valence-corrected chi connectivity index (χ1v) is 18.6. The highest BCUT2D eigenvalue weighted by Crippen LogP contribution is 2.31. The van der Waals surface area contributed by atoms with Gasteiger partial charge in [0.2, 0.25) is 5.91 Å². The van der Waals surface area contributed by atoms with Crippen LogP contribution in [0.5, 0.6) is 0 Å². The van der Waals surface area contributed by atoms with Gasteiger partial charge in [-0.25, -0.2) is 4.98 Å². The number of carbonyl (C=O) groups excluding carboxylic acids is 3. The number of anilines is 2. The van der Waals surface area contributed by atoms with Crippen LogP contribution in [0.4, 0.5) is 10.8 Å². The fourth-order valence-electron chi connectivity index (χ4n) is 5.80. The largest absolute Gasteiger partial charge is 0.321 e. The number of amides is 3. The molecule has 52 heavy (non-hydrogen) atoms. The molecular formula is C43H34N4O3S2. The minimum Gasteiger partial charge on any atom is -0.321 e. The Morgan fingerprint density at radius 2 is 1.48 bits per heavy atom. The monoisotopic (exact) mass is 718 g/mol. The van der Waals surface area contributed by atoms with Gasteiger partial charge in [0.25, 0.3) is 11.8 Å². The van der Waals surface area contributed by atoms with E-state index in [-0.39, 0.29) is 11.6 Å². The molecule has 3 amide bonds. The van der Waals surface area contributed by atoms with Crippen LogP contribution in [0.1, 0.15) is 29.3 Å². The van der Waals surface area contributed by atoms with Crippen molar-refractivity contribution in [1.29, 1.82) is 0 Å². The second-order valence-electron chi connectivity index (χ2n) is 12.0. The lowest BCUT2D eigenvalue weighted by atomic mass is 10.0. The van der Waals surface area contributed by atoms with Crippen molar-refractivity contribution >= 4 is 79.3 Å². The summed E-state index contributed by atoms with van der Waals surface area (Å²) in [5, 5.41) is 15.1. The zero-order valence-electron chi connectivity index (χ0n) is 28.2. The summed E-state index contributed by atoms with van der Waals surface area (Å²) in [6.07, 6.45) is 2.28. The first-order valence-electron chi connectivity index (χ1n) is 16.8. The van der Waals surface area contributed by atoms with Gasteiger partial charge >= 0.3 is 0 Å². The Hall–Kier alpha value is -6.03. The van der Waals surface area contributed by atoms with Crippen molar-refractivity contribution in [3.63, 3.8) is 0 Å². The quantitative estimate of drug-likeness (QED) is 0.0914. The Balaban J connectivity index is 1.06. The third kappa shape index (κ3) is 8.12. The number of fused-ring (bicyclic) bond motifs is 2. The molecule has 1 unspecified atom stereocenters. The number of hydrogen-bond acceptors (Lipinski definition) is 6. The molecule has 1 atom stereocenters. The van der Waals surface area contributed by atoms with Crippen LogP contribution in [0.2, 0.25) is 0 Å². The smallest absolute Gasteiger partial charge is 0.272 e. The molecular weight excluding hydrogens is 685 g/mol. The van der Waals surface area contributed by atoms with Crippen molar-refractivity contribution in [3.05, 3.63) is 162 Å². The molecule has 7 aromatic rings. The lowest BCUT2D eigenvalue weighted by Crippen LogP contribution is -2.30. The van der Waals surface area contributed by atoms with Crippen molar-refractivity contribution < 1.29 is 14.4 Å². The molecule has 0 radical (unpaired) electrons. The van der Waals surface area contributed by atoms with Crippen LogP contribution in [-0.2, 0) is 9.59 Å². The van der Waals surface area contributed by atoms with E-state index in [0.717, 1.165) is 43.3 Å². The van der Waals surface area contributed by atoms with E-state index in [4.69, 9.17) is 4.98 Å². The highest BCUT2D eigenvalue weighted by Gasteiger charge is 2.21. The topological polar surface area (TPSA) is 100 Å². The number of rotatable bonds is 11. The fourth-order valence-corrected chi connectivity index (χ4v) is 7.54. The van der Waals surface area contributed by atoms with E-state index in [1.165, 1.54) is 23.1 Å². The minimum atomic E-state index is -0.477. The summed E-state index contributed by atoms with van der Waals surface area (Å²) in [5.41, 5.74) is 3.66. The van der Waals surface area contributed by atoms with E-state index in [2.05, 4.69) is 40.2 Å². The Morgan fingerprint density at radius 3 is 2.31 bits per heavy atom. The van der Waals surface area contributed by atoms with Crippen LogP contribution < -0.4 is 16.0 Å². The van der Waals surface area contributed by atoms with Crippen molar-refractivity contribution in [2.75, 3.05) is 10.6 Å². The molecule has 7 nitrogen and oxygen atoms in total. The van der Waals surface area contributed by atoms with Crippen molar-refractivity contribution in [2.45, 2.75) is 23.5 Å². The van der Waals surface area contributed by atoms with Crippen molar-refractivity contribution in [1.82, 2.24) is 10.3 Å². The molecule has 1 aromatic heterocycles. The molecule has 0 spiro atoms. The second-order valence-corrected chi connectivity index (χ2v) is 14.2. The highest BCUT2D eigenvalue weighted by atomic mass is 32.2. The normalized spacial score (nSPS) is 12.0. The van der Waals surface area contributed by atoms with E-state index in [0.29, 0.717) is 22.8 Å². The Labute approximate surface area is 309 Å². The van der Waals surface area contributed by atoms with Gasteiger partial charge in [-0.15, -0.1) is 23.1 Å². The van der Waals surface area contributed by atoms with Crippen LogP contribution in [0, 0.1) is 0 Å². The van der Waals surface area contributed by atoms with Gasteiger partial charge in [-0.3, -0.25) is 14.4 Å². The van der Waals surface area contributed by atoms with Crippen LogP contribution in [0.3, 0.4) is 0 Å². The van der Waals surface area contributed by atoms with Crippen LogP contribution in [0.15, 0.2) is 155 Å². The Morgan fingerprint density at radius 1 is 0.750 bits per heavy atom. The van der Waals surface area contributed by atoms with Gasteiger partial charge in [-0.2, -0.15) is 0 Å². The molecule has 0 saturated heterocycles. The second kappa shape index (κ2) is 15.9. The summed E-state index contributed by atoms with van der Waals surface area (Å²) in [6.45, 7) is 1.96. The van der Waals surface area contributed by atoms with Crippen molar-refractivity contribution in [2.24, 2.45) is 0 Å². The maximum absolute atomic E-state index is 13.8. The van der Waals surface area contributed by atoms with Gasteiger partial charge in [-0.05, 0) is 76.0 Å². The molecule has 9 heteroatoms. The van der Waals surface area contributed by atoms with Gasteiger partial charge in [-0.1, -0.05) is 110 Å². The molecule has 1 heterocycles. The lowest BCUT2D eigenvalue weighted by molar-refractivity contribution is -0.116. The molecule has 7 rings (SSSR count). The number of benzene rings is 6. The molecule has 0 bridgehead atoms. The summed E-state index contributed by atoms with van der Waals surface area (Å²) < 4.78 is 0. The summed E-state index contributed by atoms with van der Waals surface area (Å²) in [4.78, 5) is 46.0. The molecule has 256 valence electrons. The molecule has 0 saturated carbocycles. The number of thiazole rings is 1. The van der Waals surface area contributed by atoms with Gasteiger partial charge in [0.05, 0.1) is 10.9 Å². The minimum absolute atomic E-state index is 0.0978. The predicted octanol–water partition coefficient (Wildman–Crippen LogP) is 10.0. The van der Waals surface area contributed by atoms with Crippen LogP contribution in [0.25, 0.3) is 38.9 Å². The Bertz CT molecular complexity index is 2440. The highest BCUT2D eigenvalue weighted by molar-refractivity contribution is 8.00. The maximum Gasteiger partial charge on any atom is 0.272 e. The predicted molar refractivity (Wildman–Crippen MR) is 215 cm³/mol. The number of nitrogens with zero attached hydrogens (tertiary/aromatic N) is 1. The first kappa shape index (κ1) is 34.4. The summed E-state index contributed by atoms with van der Waals surface area (Å²) in [7, 11) is 0. The van der Waals surface area contributed by atoms with E-state index in [1.54, 1.807) is 36.4 Å². The van der Waals surface area contributed by atoms with Crippen molar-refractivity contribution in [3.8, 4) is 11.3 Å². The lowest BCUT2D eigenvalue weighted by Gasteiger charge is -2.15. The van der Waals surface area contributed by atoms with E-state index in [1.807, 2.05) is 97.2 Å². The molecule has 6 aromatic carbocycles. The van der Waals surface area contributed by atoms with Gasteiger partial charge < -0.3 is 16.0 Å². The SMILES string of the molecule is CCC(Sc1cccc(NC(=O)/C(=C\c2cccc3ccccc23)NC(=O)c2ccccc2)c1)C(=O)Nc1nc(-c2ccc3ccccc3c2)cs1. The van der Waals surface area contributed by atoms with E-state index < -0.39 is 17.1 Å². The van der Waals surface area contributed by atoms with Gasteiger partial charge in [0.15, 0.2) is 5.13 Å². The fraction of sp³-hybridized carbons (Fsp3) is 0.0698. The summed E-state index contributed by atoms with van der Waals surface area (Å²) >= 11 is 2.80. The molecule has 0 aliphatic heterocycles. The first-order chi connectivity index (χ1) is 25.4. The average molecular weight is 719 g/mol. The molecule has 3 N–H and O–H groups in total. The number of aromatic nitrogens is 1. The summed E-state index contributed by atoms with van der Waals surface area (Å²) in [6, 6.07) is 44.2.